The number of carbonyl (C=O) groups excluding carboxylic acids is 1. The minimum Gasteiger partial charge on any atom is -0.337 e. The van der Waals surface area contributed by atoms with E-state index in [1.807, 2.05) is 48.5 Å². The summed E-state index contributed by atoms with van der Waals surface area (Å²) in [6.07, 6.45) is 3.96. The number of nitrogens with one attached hydrogen (secondary N) is 2. The van der Waals surface area contributed by atoms with Gasteiger partial charge < -0.3 is 10.6 Å². The largest absolute Gasteiger partial charge is 0.337 e. The van der Waals surface area contributed by atoms with Gasteiger partial charge in [0.1, 0.15) is 0 Å². The van der Waals surface area contributed by atoms with Gasteiger partial charge in [0, 0.05) is 29.5 Å². The molecule has 4 heteroatoms. The van der Waals surface area contributed by atoms with Crippen LogP contribution in [0.3, 0.4) is 0 Å². The fourth-order valence-electron chi connectivity index (χ4n) is 2.30. The third-order valence-corrected chi connectivity index (χ3v) is 3.68. The number of hydrogen-bond acceptors (Lipinski definition) is 2. The van der Waals surface area contributed by atoms with Crippen LogP contribution in [0.15, 0.2) is 54.7 Å². The van der Waals surface area contributed by atoms with Crippen molar-refractivity contribution in [1.29, 1.82) is 0 Å². The van der Waals surface area contributed by atoms with E-state index < -0.39 is 0 Å². The fourth-order valence-corrected chi connectivity index (χ4v) is 2.30. The molecule has 0 spiro atoms. The first-order valence-corrected chi connectivity index (χ1v) is 6.80. The smallest absolute Gasteiger partial charge is 0.319 e. The molecule has 102 valence electrons. The molecule has 0 radical (unpaired) electrons. The van der Waals surface area contributed by atoms with Crippen molar-refractivity contribution in [3.63, 3.8) is 0 Å². The maximum atomic E-state index is 11.9. The second-order valence-electron chi connectivity index (χ2n) is 5.17. The summed E-state index contributed by atoms with van der Waals surface area (Å²) < 4.78 is 0. The maximum Gasteiger partial charge on any atom is 0.319 e. The number of carbonyl (C=O) groups is 1. The number of rotatable bonds is 4. The quantitative estimate of drug-likeness (QED) is 0.895. The molecule has 0 aliphatic heterocycles. The van der Waals surface area contributed by atoms with E-state index in [-0.39, 0.29) is 11.4 Å². The third-order valence-electron chi connectivity index (χ3n) is 3.68. The van der Waals surface area contributed by atoms with Crippen LogP contribution >= 0.6 is 0 Å². The Morgan fingerprint density at radius 1 is 1.10 bits per heavy atom. The Morgan fingerprint density at radius 2 is 1.85 bits per heavy atom. The van der Waals surface area contributed by atoms with Crippen LogP contribution in [0.1, 0.15) is 18.5 Å². The van der Waals surface area contributed by atoms with Crippen molar-refractivity contribution >= 4 is 11.7 Å². The van der Waals surface area contributed by atoms with E-state index in [0.717, 1.165) is 24.2 Å². The van der Waals surface area contributed by atoms with Crippen LogP contribution in [0.25, 0.3) is 0 Å². The predicted molar refractivity (Wildman–Crippen MR) is 78.6 cm³/mol. The van der Waals surface area contributed by atoms with Gasteiger partial charge >= 0.3 is 6.03 Å². The average Bonchev–Trinajstić information content (AvgIpc) is 3.28. The molecular weight excluding hydrogens is 250 g/mol. The number of urea groups is 1. The molecule has 3 rings (SSSR count). The normalized spacial score (nSPS) is 15.4. The van der Waals surface area contributed by atoms with Crippen LogP contribution in [-0.2, 0) is 5.41 Å². The van der Waals surface area contributed by atoms with Gasteiger partial charge in [0.05, 0.1) is 0 Å². The molecule has 2 amide bonds. The van der Waals surface area contributed by atoms with Gasteiger partial charge in [-0.05, 0) is 37.1 Å². The molecule has 1 saturated carbocycles. The van der Waals surface area contributed by atoms with Gasteiger partial charge in [0.15, 0.2) is 0 Å². The molecule has 0 bridgehead atoms. The number of benzene rings is 1. The zero-order valence-corrected chi connectivity index (χ0v) is 11.2. The van der Waals surface area contributed by atoms with Crippen LogP contribution in [-0.4, -0.2) is 17.6 Å². The highest BCUT2D eigenvalue weighted by atomic mass is 16.2. The zero-order chi connectivity index (χ0) is 13.8. The zero-order valence-electron chi connectivity index (χ0n) is 11.2. The van der Waals surface area contributed by atoms with Gasteiger partial charge in [-0.1, -0.05) is 24.3 Å². The molecule has 1 aromatic heterocycles. The first kappa shape index (κ1) is 12.7. The second kappa shape index (κ2) is 5.33. The molecular formula is C16H17N3O. The molecule has 0 saturated heterocycles. The van der Waals surface area contributed by atoms with Crippen molar-refractivity contribution in [2.24, 2.45) is 0 Å². The molecule has 1 aromatic carbocycles. The number of hydrogen-bond donors (Lipinski definition) is 2. The Kier molecular flexibility index (Phi) is 3.37. The van der Waals surface area contributed by atoms with E-state index >= 15 is 0 Å². The van der Waals surface area contributed by atoms with Gasteiger partial charge in [-0.2, -0.15) is 0 Å². The van der Waals surface area contributed by atoms with Crippen LogP contribution in [0.5, 0.6) is 0 Å². The predicted octanol–water partition coefficient (Wildman–Crippen LogP) is 2.93. The van der Waals surface area contributed by atoms with Crippen molar-refractivity contribution in [2.75, 3.05) is 11.9 Å². The first-order valence-electron chi connectivity index (χ1n) is 6.80. The van der Waals surface area contributed by atoms with E-state index in [1.165, 1.54) is 0 Å². The molecule has 2 aromatic rings. The Bertz CT molecular complexity index is 579. The number of aromatic nitrogens is 1. The number of nitrogens with zero attached hydrogens (tertiary/aromatic N) is 1. The molecule has 4 nitrogen and oxygen atoms in total. The van der Waals surface area contributed by atoms with Crippen LogP contribution in [0.4, 0.5) is 10.5 Å². The number of anilines is 1. The molecule has 1 aliphatic carbocycles. The second-order valence-corrected chi connectivity index (χ2v) is 5.17. The summed E-state index contributed by atoms with van der Waals surface area (Å²) in [6.45, 7) is 0.628. The number of amides is 2. The minimum atomic E-state index is -0.168. The lowest BCUT2D eigenvalue weighted by Gasteiger charge is -2.15. The summed E-state index contributed by atoms with van der Waals surface area (Å²) in [5.41, 5.74) is 1.91. The standard InChI is InChI=1S/C16H17N3O/c20-15(19-13-6-2-1-3-7-13)18-12-16(9-10-16)14-8-4-5-11-17-14/h1-8,11H,9-10,12H2,(H2,18,19,20). The highest BCUT2D eigenvalue weighted by molar-refractivity contribution is 5.89. The molecule has 0 unspecified atom stereocenters. The van der Waals surface area contributed by atoms with Crippen molar-refractivity contribution in [1.82, 2.24) is 10.3 Å². The van der Waals surface area contributed by atoms with Crippen LogP contribution in [0.2, 0.25) is 0 Å². The van der Waals surface area contributed by atoms with E-state index in [1.54, 1.807) is 6.20 Å². The summed E-state index contributed by atoms with van der Waals surface area (Å²) in [7, 11) is 0. The van der Waals surface area contributed by atoms with E-state index in [9.17, 15) is 4.79 Å². The van der Waals surface area contributed by atoms with Crippen molar-refractivity contribution in [2.45, 2.75) is 18.3 Å². The van der Waals surface area contributed by atoms with Crippen molar-refractivity contribution in [3.05, 3.63) is 60.4 Å². The van der Waals surface area contributed by atoms with Crippen LogP contribution < -0.4 is 10.6 Å². The molecule has 1 heterocycles. The van der Waals surface area contributed by atoms with Gasteiger partial charge in [-0.25, -0.2) is 4.79 Å². The van der Waals surface area contributed by atoms with Gasteiger partial charge in [0.2, 0.25) is 0 Å². The van der Waals surface area contributed by atoms with E-state index in [4.69, 9.17) is 0 Å². The summed E-state index contributed by atoms with van der Waals surface area (Å²) in [4.78, 5) is 16.3. The first-order chi connectivity index (χ1) is 9.78. The summed E-state index contributed by atoms with van der Waals surface area (Å²) in [5.74, 6) is 0. The third kappa shape index (κ3) is 2.79. The Labute approximate surface area is 118 Å². The maximum absolute atomic E-state index is 11.9. The summed E-state index contributed by atoms with van der Waals surface area (Å²) in [6, 6.07) is 15.2. The summed E-state index contributed by atoms with van der Waals surface area (Å²) in [5, 5.41) is 5.77. The van der Waals surface area contributed by atoms with Crippen LogP contribution in [0, 0.1) is 0 Å². The molecule has 20 heavy (non-hydrogen) atoms. The summed E-state index contributed by atoms with van der Waals surface area (Å²) >= 11 is 0. The van der Waals surface area contributed by atoms with Gasteiger partial charge in [-0.15, -0.1) is 0 Å². The van der Waals surface area contributed by atoms with Crippen molar-refractivity contribution in [3.8, 4) is 0 Å². The Morgan fingerprint density at radius 3 is 2.50 bits per heavy atom. The molecule has 1 fully saturated rings. The SMILES string of the molecule is O=C(NCC1(c2ccccn2)CC1)Nc1ccccc1. The van der Waals surface area contributed by atoms with Gasteiger partial charge in [-0.3, -0.25) is 4.98 Å². The van der Waals surface area contributed by atoms with Gasteiger partial charge in [0.25, 0.3) is 0 Å². The van der Waals surface area contributed by atoms with E-state index in [0.29, 0.717) is 6.54 Å². The Balaban J connectivity index is 1.56. The lowest BCUT2D eigenvalue weighted by Crippen LogP contribution is -2.35. The molecule has 0 atom stereocenters. The molecule has 2 N–H and O–H groups in total. The monoisotopic (exact) mass is 267 g/mol. The average molecular weight is 267 g/mol. The topological polar surface area (TPSA) is 54.0 Å². The minimum absolute atomic E-state index is 0.0370. The number of pyridine rings is 1. The number of para-hydroxylation sites is 1. The Hall–Kier alpha value is -2.36. The highest BCUT2D eigenvalue weighted by Gasteiger charge is 2.45. The van der Waals surface area contributed by atoms with Crippen molar-refractivity contribution < 1.29 is 4.79 Å². The highest BCUT2D eigenvalue weighted by Crippen LogP contribution is 2.46. The fraction of sp³-hybridized carbons (Fsp3) is 0.250. The van der Waals surface area contributed by atoms with E-state index in [2.05, 4.69) is 15.6 Å². The molecule has 1 aliphatic rings. The lowest BCUT2D eigenvalue weighted by molar-refractivity contribution is 0.251. The lowest BCUT2D eigenvalue weighted by atomic mass is 10.0.